The van der Waals surface area contributed by atoms with Gasteiger partial charge in [0.25, 0.3) is 0 Å². The average Bonchev–Trinajstić information content (AvgIpc) is 2.49. The number of carbonyl (C=O) groups excluding carboxylic acids is 1. The molecule has 20 heavy (non-hydrogen) atoms. The van der Waals surface area contributed by atoms with Crippen molar-refractivity contribution in [1.29, 1.82) is 5.26 Å². The summed E-state index contributed by atoms with van der Waals surface area (Å²) in [5, 5.41) is 11.2. The minimum Gasteiger partial charge on any atom is -0.371 e. The number of hydrogen-bond acceptors (Lipinski definition) is 4. The zero-order valence-electron chi connectivity index (χ0n) is 11.4. The van der Waals surface area contributed by atoms with Crippen molar-refractivity contribution in [2.75, 3.05) is 32.8 Å². The first-order valence-electron chi connectivity index (χ1n) is 6.82. The summed E-state index contributed by atoms with van der Waals surface area (Å²) < 4.78 is 5.76. The van der Waals surface area contributed by atoms with E-state index in [0.29, 0.717) is 26.1 Å². The van der Waals surface area contributed by atoms with Gasteiger partial charge in [0.05, 0.1) is 31.7 Å². The molecule has 1 fully saturated rings. The van der Waals surface area contributed by atoms with Gasteiger partial charge < -0.3 is 10.1 Å². The summed E-state index contributed by atoms with van der Waals surface area (Å²) in [4.78, 5) is 13.8. The van der Waals surface area contributed by atoms with Gasteiger partial charge >= 0.3 is 0 Å². The Morgan fingerprint density at radius 3 is 3.00 bits per heavy atom. The van der Waals surface area contributed by atoms with Gasteiger partial charge in [-0.1, -0.05) is 30.3 Å². The second-order valence-electron chi connectivity index (χ2n) is 4.76. The predicted molar refractivity (Wildman–Crippen MR) is 74.8 cm³/mol. The average molecular weight is 273 g/mol. The van der Waals surface area contributed by atoms with Gasteiger partial charge in [-0.2, -0.15) is 5.26 Å². The van der Waals surface area contributed by atoms with Crippen LogP contribution in [-0.4, -0.2) is 43.6 Å². The molecule has 1 unspecified atom stereocenters. The number of carbonyl (C=O) groups is 1. The molecule has 1 aliphatic rings. The van der Waals surface area contributed by atoms with Crippen LogP contribution in [0.4, 0.5) is 0 Å². The van der Waals surface area contributed by atoms with Gasteiger partial charge in [0.15, 0.2) is 0 Å². The van der Waals surface area contributed by atoms with Crippen molar-refractivity contribution in [3.63, 3.8) is 0 Å². The van der Waals surface area contributed by atoms with Crippen molar-refractivity contribution in [1.82, 2.24) is 10.2 Å². The molecule has 0 radical (unpaired) electrons. The van der Waals surface area contributed by atoms with Crippen LogP contribution in [0.3, 0.4) is 0 Å². The van der Waals surface area contributed by atoms with Crippen molar-refractivity contribution in [2.24, 2.45) is 0 Å². The maximum Gasteiger partial charge on any atom is 0.234 e. The summed E-state index contributed by atoms with van der Waals surface area (Å²) in [6, 6.07) is 12.1. The molecule has 1 heterocycles. The Morgan fingerprint density at radius 1 is 1.45 bits per heavy atom. The van der Waals surface area contributed by atoms with E-state index >= 15 is 0 Å². The number of amides is 1. The van der Waals surface area contributed by atoms with E-state index in [0.717, 1.165) is 18.7 Å². The SMILES string of the molecule is N#CCCNC(=O)CN1CCOC(c2ccccc2)C1. The van der Waals surface area contributed by atoms with Crippen LogP contribution in [0.1, 0.15) is 18.1 Å². The Morgan fingerprint density at radius 2 is 2.25 bits per heavy atom. The predicted octanol–water partition coefficient (Wildman–Crippen LogP) is 1.09. The molecule has 0 aliphatic carbocycles. The summed E-state index contributed by atoms with van der Waals surface area (Å²) in [5.41, 5.74) is 1.14. The normalized spacial score (nSPS) is 19.2. The zero-order chi connectivity index (χ0) is 14.2. The quantitative estimate of drug-likeness (QED) is 0.816. The maximum atomic E-state index is 11.7. The molecular weight excluding hydrogens is 254 g/mol. The molecule has 0 spiro atoms. The second kappa shape index (κ2) is 7.63. The highest BCUT2D eigenvalue weighted by Gasteiger charge is 2.23. The molecule has 1 N–H and O–H groups in total. The van der Waals surface area contributed by atoms with Crippen LogP contribution in [-0.2, 0) is 9.53 Å². The third-order valence-electron chi connectivity index (χ3n) is 3.25. The van der Waals surface area contributed by atoms with E-state index < -0.39 is 0 Å². The van der Waals surface area contributed by atoms with Crippen molar-refractivity contribution in [2.45, 2.75) is 12.5 Å². The molecule has 5 nitrogen and oxygen atoms in total. The van der Waals surface area contributed by atoms with Crippen LogP contribution in [0, 0.1) is 11.3 Å². The van der Waals surface area contributed by atoms with Crippen LogP contribution >= 0.6 is 0 Å². The number of hydrogen-bond donors (Lipinski definition) is 1. The van der Waals surface area contributed by atoms with Crippen LogP contribution in [0.15, 0.2) is 30.3 Å². The van der Waals surface area contributed by atoms with E-state index in [4.69, 9.17) is 10.00 Å². The Hall–Kier alpha value is -1.90. The summed E-state index contributed by atoms with van der Waals surface area (Å²) in [6.07, 6.45) is 0.374. The molecule has 1 atom stereocenters. The van der Waals surface area contributed by atoms with Gasteiger partial charge in [-0.15, -0.1) is 0 Å². The number of nitrogens with one attached hydrogen (secondary N) is 1. The Bertz CT molecular complexity index is 470. The molecule has 106 valence electrons. The topological polar surface area (TPSA) is 65.4 Å². The fourth-order valence-corrected chi connectivity index (χ4v) is 2.23. The molecule has 1 amide bonds. The summed E-state index contributed by atoms with van der Waals surface area (Å²) in [5.74, 6) is -0.0334. The van der Waals surface area contributed by atoms with E-state index in [1.807, 2.05) is 36.4 Å². The van der Waals surface area contributed by atoms with Gasteiger partial charge in [0.1, 0.15) is 0 Å². The Balaban J connectivity index is 1.82. The Kier molecular flexibility index (Phi) is 5.54. The van der Waals surface area contributed by atoms with E-state index in [9.17, 15) is 4.79 Å². The fourth-order valence-electron chi connectivity index (χ4n) is 2.23. The first-order valence-corrected chi connectivity index (χ1v) is 6.82. The molecular formula is C15H19N3O2. The van der Waals surface area contributed by atoms with Gasteiger partial charge in [-0.25, -0.2) is 0 Å². The molecule has 1 aromatic rings. The first kappa shape index (κ1) is 14.5. The van der Waals surface area contributed by atoms with Gasteiger partial charge in [-0.3, -0.25) is 9.69 Å². The minimum atomic E-state index is -0.0334. The number of benzene rings is 1. The molecule has 0 aromatic heterocycles. The molecule has 1 saturated heterocycles. The Labute approximate surface area is 119 Å². The van der Waals surface area contributed by atoms with Crippen LogP contribution < -0.4 is 5.32 Å². The molecule has 2 rings (SSSR count). The lowest BCUT2D eigenvalue weighted by Gasteiger charge is -2.32. The summed E-state index contributed by atoms with van der Waals surface area (Å²) in [7, 11) is 0. The third kappa shape index (κ3) is 4.34. The second-order valence-corrected chi connectivity index (χ2v) is 4.76. The maximum absolute atomic E-state index is 11.7. The summed E-state index contributed by atoms with van der Waals surface area (Å²) in [6.45, 7) is 2.88. The van der Waals surface area contributed by atoms with Gasteiger partial charge in [-0.05, 0) is 5.56 Å². The molecule has 1 aromatic carbocycles. The third-order valence-corrected chi connectivity index (χ3v) is 3.25. The first-order chi connectivity index (χ1) is 9.79. The molecule has 1 aliphatic heterocycles. The van der Waals surface area contributed by atoms with E-state index in [2.05, 4.69) is 10.2 Å². The van der Waals surface area contributed by atoms with Crippen molar-refractivity contribution in [3.05, 3.63) is 35.9 Å². The number of nitrogens with zero attached hydrogens (tertiary/aromatic N) is 2. The standard InChI is InChI=1S/C15H19N3O2/c16-7-4-8-17-15(19)12-18-9-10-20-14(11-18)13-5-2-1-3-6-13/h1-3,5-6,14H,4,8-12H2,(H,17,19). The smallest absolute Gasteiger partial charge is 0.234 e. The molecule has 0 saturated carbocycles. The number of rotatable bonds is 5. The minimum absolute atomic E-state index is 0.0249. The van der Waals surface area contributed by atoms with E-state index in [-0.39, 0.29) is 12.0 Å². The van der Waals surface area contributed by atoms with Crippen molar-refractivity contribution in [3.8, 4) is 6.07 Å². The highest BCUT2D eigenvalue weighted by atomic mass is 16.5. The highest BCUT2D eigenvalue weighted by Crippen LogP contribution is 2.21. The van der Waals surface area contributed by atoms with Crippen LogP contribution in [0.2, 0.25) is 0 Å². The largest absolute Gasteiger partial charge is 0.371 e. The number of morpholine rings is 1. The lowest BCUT2D eigenvalue weighted by Crippen LogP contribution is -2.44. The number of nitriles is 1. The van der Waals surface area contributed by atoms with Gasteiger partial charge in [0, 0.05) is 19.6 Å². The molecule has 5 heteroatoms. The lowest BCUT2D eigenvalue weighted by atomic mass is 10.1. The van der Waals surface area contributed by atoms with Crippen LogP contribution in [0.25, 0.3) is 0 Å². The monoisotopic (exact) mass is 273 g/mol. The summed E-state index contributed by atoms with van der Waals surface area (Å²) >= 11 is 0. The fraction of sp³-hybridized carbons (Fsp3) is 0.467. The number of ether oxygens (including phenoxy) is 1. The highest BCUT2D eigenvalue weighted by molar-refractivity contribution is 5.78. The van der Waals surface area contributed by atoms with E-state index in [1.54, 1.807) is 0 Å². The van der Waals surface area contributed by atoms with Gasteiger partial charge in [0.2, 0.25) is 5.91 Å². The van der Waals surface area contributed by atoms with Crippen molar-refractivity contribution >= 4 is 5.91 Å². The van der Waals surface area contributed by atoms with E-state index in [1.165, 1.54) is 0 Å². The van der Waals surface area contributed by atoms with Crippen LogP contribution in [0.5, 0.6) is 0 Å². The van der Waals surface area contributed by atoms with Crippen molar-refractivity contribution < 1.29 is 9.53 Å². The molecule has 0 bridgehead atoms. The lowest BCUT2D eigenvalue weighted by molar-refractivity contribution is -0.124. The zero-order valence-corrected chi connectivity index (χ0v) is 11.4.